The van der Waals surface area contributed by atoms with Crippen LogP contribution in [0, 0.1) is 11.6 Å². The average Bonchev–Trinajstić information content (AvgIpc) is 2.42. The van der Waals surface area contributed by atoms with Crippen molar-refractivity contribution in [3.05, 3.63) is 59.7 Å². The van der Waals surface area contributed by atoms with E-state index in [1.807, 2.05) is 19.1 Å². The standard InChI is InChI=1S/C16H17F2NO/c1-11(2-3-12-4-7-14(20)8-5-12)19-13-6-9-15(17)16(18)10-13/h4-11,19-20H,2-3H2,1H3. The van der Waals surface area contributed by atoms with E-state index in [0.29, 0.717) is 5.69 Å². The van der Waals surface area contributed by atoms with Gasteiger partial charge in [0.05, 0.1) is 0 Å². The molecule has 0 bridgehead atoms. The van der Waals surface area contributed by atoms with Gasteiger partial charge in [0.25, 0.3) is 0 Å². The zero-order chi connectivity index (χ0) is 14.5. The summed E-state index contributed by atoms with van der Waals surface area (Å²) in [7, 11) is 0. The molecule has 0 saturated carbocycles. The molecule has 0 aliphatic heterocycles. The maximum Gasteiger partial charge on any atom is 0.160 e. The van der Waals surface area contributed by atoms with Crippen LogP contribution in [0.1, 0.15) is 18.9 Å². The number of aromatic hydroxyl groups is 1. The van der Waals surface area contributed by atoms with Gasteiger partial charge in [0, 0.05) is 17.8 Å². The molecule has 2 aromatic rings. The van der Waals surface area contributed by atoms with Crippen molar-refractivity contribution in [1.82, 2.24) is 0 Å². The first-order valence-electron chi connectivity index (χ1n) is 6.54. The second-order valence-electron chi connectivity index (χ2n) is 4.88. The Labute approximate surface area is 117 Å². The zero-order valence-corrected chi connectivity index (χ0v) is 11.2. The van der Waals surface area contributed by atoms with E-state index in [-0.39, 0.29) is 11.8 Å². The zero-order valence-electron chi connectivity index (χ0n) is 11.2. The minimum atomic E-state index is -0.847. The summed E-state index contributed by atoms with van der Waals surface area (Å²) in [6.07, 6.45) is 1.70. The second kappa shape index (κ2) is 6.37. The van der Waals surface area contributed by atoms with E-state index in [2.05, 4.69) is 5.32 Å². The maximum atomic E-state index is 13.1. The molecule has 106 valence electrons. The number of phenolic OH excluding ortho intramolecular Hbond substituents is 1. The van der Waals surface area contributed by atoms with Gasteiger partial charge in [-0.15, -0.1) is 0 Å². The summed E-state index contributed by atoms with van der Waals surface area (Å²) in [5.41, 5.74) is 1.70. The number of benzene rings is 2. The van der Waals surface area contributed by atoms with E-state index >= 15 is 0 Å². The lowest BCUT2D eigenvalue weighted by Gasteiger charge is -2.15. The predicted molar refractivity (Wildman–Crippen MR) is 75.9 cm³/mol. The fourth-order valence-electron chi connectivity index (χ4n) is 1.99. The van der Waals surface area contributed by atoms with Gasteiger partial charge in [-0.05, 0) is 49.6 Å². The lowest BCUT2D eigenvalue weighted by molar-refractivity contribution is 0.475. The molecule has 2 aromatic carbocycles. The summed E-state index contributed by atoms with van der Waals surface area (Å²) in [4.78, 5) is 0. The number of halogens is 2. The number of nitrogens with one attached hydrogen (secondary N) is 1. The largest absolute Gasteiger partial charge is 0.508 e. The molecule has 2 rings (SSSR count). The van der Waals surface area contributed by atoms with E-state index in [1.54, 1.807) is 12.1 Å². The minimum Gasteiger partial charge on any atom is -0.508 e. The fraction of sp³-hybridized carbons (Fsp3) is 0.250. The van der Waals surface area contributed by atoms with E-state index in [1.165, 1.54) is 6.07 Å². The van der Waals surface area contributed by atoms with Gasteiger partial charge in [-0.25, -0.2) is 8.78 Å². The van der Waals surface area contributed by atoms with Crippen LogP contribution in [-0.4, -0.2) is 11.1 Å². The Morgan fingerprint density at radius 3 is 2.40 bits per heavy atom. The third kappa shape index (κ3) is 3.95. The van der Waals surface area contributed by atoms with Crippen LogP contribution in [0.25, 0.3) is 0 Å². The normalized spacial score (nSPS) is 12.2. The van der Waals surface area contributed by atoms with Crippen LogP contribution in [0.15, 0.2) is 42.5 Å². The van der Waals surface area contributed by atoms with E-state index in [9.17, 15) is 13.9 Å². The van der Waals surface area contributed by atoms with Gasteiger partial charge in [-0.1, -0.05) is 12.1 Å². The number of hydrogen-bond acceptors (Lipinski definition) is 2. The van der Waals surface area contributed by atoms with Gasteiger partial charge in [-0.2, -0.15) is 0 Å². The van der Waals surface area contributed by atoms with Gasteiger partial charge >= 0.3 is 0 Å². The highest BCUT2D eigenvalue weighted by molar-refractivity contribution is 5.44. The highest BCUT2D eigenvalue weighted by Gasteiger charge is 2.06. The summed E-state index contributed by atoms with van der Waals surface area (Å²) >= 11 is 0. The summed E-state index contributed by atoms with van der Waals surface area (Å²) in [5.74, 6) is -1.44. The van der Waals surface area contributed by atoms with Gasteiger partial charge in [0.15, 0.2) is 11.6 Å². The van der Waals surface area contributed by atoms with Gasteiger partial charge in [0.2, 0.25) is 0 Å². The first kappa shape index (κ1) is 14.3. The Hall–Kier alpha value is -2.10. The predicted octanol–water partition coefficient (Wildman–Crippen LogP) is 4.10. The molecular formula is C16H17F2NO. The minimum absolute atomic E-state index is 0.133. The van der Waals surface area contributed by atoms with E-state index in [0.717, 1.165) is 30.5 Å². The van der Waals surface area contributed by atoms with Crippen LogP contribution < -0.4 is 5.32 Å². The molecule has 1 unspecified atom stereocenters. The molecule has 0 aliphatic carbocycles. The Balaban J connectivity index is 1.87. The molecule has 20 heavy (non-hydrogen) atoms. The number of phenols is 1. The van der Waals surface area contributed by atoms with E-state index < -0.39 is 11.6 Å². The van der Waals surface area contributed by atoms with Crippen LogP contribution in [0.5, 0.6) is 5.75 Å². The number of aryl methyl sites for hydroxylation is 1. The van der Waals surface area contributed by atoms with Crippen LogP contribution in [-0.2, 0) is 6.42 Å². The van der Waals surface area contributed by atoms with Crippen LogP contribution >= 0.6 is 0 Å². The molecule has 0 aliphatic rings. The van der Waals surface area contributed by atoms with E-state index in [4.69, 9.17) is 0 Å². The summed E-state index contributed by atoms with van der Waals surface area (Å²) < 4.78 is 25.9. The van der Waals surface area contributed by atoms with Gasteiger partial charge < -0.3 is 10.4 Å². The lowest BCUT2D eigenvalue weighted by Crippen LogP contribution is -2.16. The fourth-order valence-corrected chi connectivity index (χ4v) is 1.99. The van der Waals surface area contributed by atoms with Crippen molar-refractivity contribution in [3.63, 3.8) is 0 Å². The van der Waals surface area contributed by atoms with Crippen LogP contribution in [0.3, 0.4) is 0 Å². The van der Waals surface area contributed by atoms with Crippen molar-refractivity contribution < 1.29 is 13.9 Å². The van der Waals surface area contributed by atoms with Crippen LogP contribution in [0.2, 0.25) is 0 Å². The van der Waals surface area contributed by atoms with Crippen molar-refractivity contribution in [2.24, 2.45) is 0 Å². The molecule has 4 heteroatoms. The van der Waals surface area contributed by atoms with Gasteiger partial charge in [-0.3, -0.25) is 0 Å². The molecule has 0 saturated heterocycles. The Morgan fingerprint density at radius 1 is 1.05 bits per heavy atom. The molecule has 0 aromatic heterocycles. The Bertz CT molecular complexity index is 569. The molecule has 2 nitrogen and oxygen atoms in total. The quantitative estimate of drug-likeness (QED) is 0.862. The first-order valence-corrected chi connectivity index (χ1v) is 6.54. The number of anilines is 1. The second-order valence-corrected chi connectivity index (χ2v) is 4.88. The van der Waals surface area contributed by atoms with Crippen molar-refractivity contribution in [2.75, 3.05) is 5.32 Å². The van der Waals surface area contributed by atoms with Crippen molar-refractivity contribution >= 4 is 5.69 Å². The smallest absolute Gasteiger partial charge is 0.160 e. The molecule has 1 atom stereocenters. The highest BCUT2D eigenvalue weighted by atomic mass is 19.2. The average molecular weight is 277 g/mol. The maximum absolute atomic E-state index is 13.1. The first-order chi connectivity index (χ1) is 9.54. The van der Waals surface area contributed by atoms with Crippen molar-refractivity contribution in [3.8, 4) is 5.75 Å². The third-order valence-corrected chi connectivity index (χ3v) is 3.14. The summed E-state index contributed by atoms with van der Waals surface area (Å²) in [6.45, 7) is 1.99. The molecular weight excluding hydrogens is 260 g/mol. The highest BCUT2D eigenvalue weighted by Crippen LogP contribution is 2.16. The van der Waals surface area contributed by atoms with Crippen LogP contribution in [0.4, 0.5) is 14.5 Å². The van der Waals surface area contributed by atoms with Gasteiger partial charge in [0.1, 0.15) is 5.75 Å². The SMILES string of the molecule is CC(CCc1ccc(O)cc1)Nc1ccc(F)c(F)c1. The monoisotopic (exact) mass is 277 g/mol. The molecule has 0 fully saturated rings. The summed E-state index contributed by atoms with van der Waals surface area (Å²) in [5, 5.41) is 12.3. The Kier molecular flexibility index (Phi) is 4.56. The molecule has 0 amide bonds. The Morgan fingerprint density at radius 2 is 1.75 bits per heavy atom. The van der Waals surface area contributed by atoms with Crippen molar-refractivity contribution in [1.29, 1.82) is 0 Å². The van der Waals surface area contributed by atoms with Crippen molar-refractivity contribution in [2.45, 2.75) is 25.8 Å². The topological polar surface area (TPSA) is 32.3 Å². The third-order valence-electron chi connectivity index (χ3n) is 3.14. The summed E-state index contributed by atoms with van der Waals surface area (Å²) in [6, 6.07) is 11.0. The molecule has 0 heterocycles. The number of rotatable bonds is 5. The molecule has 2 N–H and O–H groups in total. The lowest BCUT2D eigenvalue weighted by atomic mass is 10.1. The molecule has 0 radical (unpaired) electrons. The molecule has 0 spiro atoms. The number of hydrogen-bond donors (Lipinski definition) is 2.